The third-order valence-corrected chi connectivity index (χ3v) is 7.64. The van der Waals surface area contributed by atoms with E-state index in [1.54, 1.807) is 19.2 Å². The van der Waals surface area contributed by atoms with Crippen molar-refractivity contribution in [2.24, 2.45) is 15.7 Å². The van der Waals surface area contributed by atoms with Gasteiger partial charge >= 0.3 is 0 Å². The molecule has 3 atom stereocenters. The fourth-order valence-corrected chi connectivity index (χ4v) is 5.56. The fraction of sp³-hybridized carbons (Fsp3) is 0.344. The summed E-state index contributed by atoms with van der Waals surface area (Å²) < 4.78 is 11.6. The van der Waals surface area contributed by atoms with E-state index < -0.39 is 0 Å². The van der Waals surface area contributed by atoms with Crippen molar-refractivity contribution in [3.63, 3.8) is 0 Å². The Morgan fingerprint density at radius 2 is 1.90 bits per heavy atom. The number of nitrogens with zero attached hydrogens (tertiary/aromatic N) is 3. The van der Waals surface area contributed by atoms with Gasteiger partial charge in [0, 0.05) is 29.2 Å². The Hall–Kier alpha value is -4.17. The van der Waals surface area contributed by atoms with Gasteiger partial charge in [-0.15, -0.1) is 0 Å². The van der Waals surface area contributed by atoms with Crippen molar-refractivity contribution in [3.8, 4) is 11.5 Å². The number of amides is 1. The summed E-state index contributed by atoms with van der Waals surface area (Å²) in [6, 6.07) is 21.5. The Morgan fingerprint density at radius 3 is 2.60 bits per heavy atom. The van der Waals surface area contributed by atoms with Gasteiger partial charge in [0.05, 0.1) is 31.5 Å². The van der Waals surface area contributed by atoms with Crippen LogP contribution < -0.4 is 20.5 Å². The lowest BCUT2D eigenvalue weighted by atomic mass is 9.79. The lowest BCUT2D eigenvalue weighted by Gasteiger charge is -2.39. The summed E-state index contributed by atoms with van der Waals surface area (Å²) in [5.41, 5.74) is 11.7. The number of aliphatic imine (C=N–C) groups is 2. The number of hydrogen-bond donors (Lipinski definition) is 2. The number of piperidine rings is 1. The molecule has 0 aliphatic carbocycles. The van der Waals surface area contributed by atoms with Crippen LogP contribution in [0.2, 0.25) is 0 Å². The van der Waals surface area contributed by atoms with Gasteiger partial charge < -0.3 is 20.1 Å². The zero-order valence-corrected chi connectivity index (χ0v) is 23.6. The van der Waals surface area contributed by atoms with Crippen LogP contribution in [-0.4, -0.2) is 62.4 Å². The number of benzene rings is 3. The number of likely N-dealkylation sites (N-methyl/N-ethyl adjacent to an activating group) is 1. The average Bonchev–Trinajstić information content (AvgIpc) is 2.97. The van der Waals surface area contributed by atoms with Gasteiger partial charge in [0.25, 0.3) is 5.91 Å². The minimum Gasteiger partial charge on any atom is -0.493 e. The SMILES string of the molecule is CCOc1cc2c(cc1OC)C(c1ccc(C(=O)NC(N)=N[C@H](C)c3ccccc3)cc1)=N[C@@H]1CCN(C)C[C@H]21. The number of likely N-dealkylation sites (tertiary alicyclic amines) is 1. The number of nitrogens with one attached hydrogen (secondary N) is 1. The maximum Gasteiger partial charge on any atom is 0.257 e. The lowest BCUT2D eigenvalue weighted by molar-refractivity contribution is 0.0976. The number of ether oxygens (including phenoxy) is 2. The second-order valence-electron chi connectivity index (χ2n) is 10.4. The van der Waals surface area contributed by atoms with Crippen LogP contribution >= 0.6 is 0 Å². The first-order valence-electron chi connectivity index (χ1n) is 13.8. The monoisotopic (exact) mass is 539 g/mol. The Bertz CT molecular complexity index is 1420. The Morgan fingerprint density at radius 1 is 1.15 bits per heavy atom. The first kappa shape index (κ1) is 27.4. The van der Waals surface area contributed by atoms with Gasteiger partial charge in [-0.25, -0.2) is 4.99 Å². The molecule has 208 valence electrons. The van der Waals surface area contributed by atoms with E-state index in [2.05, 4.69) is 28.3 Å². The van der Waals surface area contributed by atoms with Gasteiger partial charge in [-0.3, -0.25) is 15.1 Å². The molecule has 2 aliphatic heterocycles. The van der Waals surface area contributed by atoms with Crippen molar-refractivity contribution in [1.29, 1.82) is 0 Å². The topological polar surface area (TPSA) is 102 Å². The zero-order chi connectivity index (χ0) is 28.2. The van der Waals surface area contributed by atoms with Gasteiger partial charge in [0.1, 0.15) is 0 Å². The number of hydrogen-bond acceptors (Lipinski definition) is 6. The van der Waals surface area contributed by atoms with Crippen LogP contribution in [0.4, 0.5) is 0 Å². The summed E-state index contributed by atoms with van der Waals surface area (Å²) in [6.45, 7) is 6.43. The normalized spacial score (nSPS) is 19.6. The molecule has 40 heavy (non-hydrogen) atoms. The smallest absolute Gasteiger partial charge is 0.257 e. The Kier molecular flexibility index (Phi) is 8.16. The highest BCUT2D eigenvalue weighted by molar-refractivity contribution is 6.15. The molecule has 8 heteroatoms. The average molecular weight is 540 g/mol. The molecular weight excluding hydrogens is 502 g/mol. The van der Waals surface area contributed by atoms with E-state index in [-0.39, 0.29) is 29.9 Å². The van der Waals surface area contributed by atoms with Crippen LogP contribution in [0.3, 0.4) is 0 Å². The number of fused-ring (bicyclic) bond motifs is 3. The van der Waals surface area contributed by atoms with Crippen LogP contribution in [0.1, 0.15) is 64.8 Å². The highest BCUT2D eigenvalue weighted by Gasteiger charge is 2.36. The summed E-state index contributed by atoms with van der Waals surface area (Å²) in [5.74, 6) is 1.50. The van der Waals surface area contributed by atoms with Gasteiger partial charge in [-0.2, -0.15) is 0 Å². The summed E-state index contributed by atoms with van der Waals surface area (Å²) in [4.78, 5) is 24.9. The molecule has 2 aliphatic rings. The second kappa shape index (κ2) is 11.9. The fourth-order valence-electron chi connectivity index (χ4n) is 5.56. The number of carbonyl (C=O) groups is 1. The van der Waals surface area contributed by atoms with E-state index in [0.717, 1.165) is 47.7 Å². The highest BCUT2D eigenvalue weighted by Crippen LogP contribution is 2.42. The maximum absolute atomic E-state index is 12.9. The third kappa shape index (κ3) is 5.72. The van der Waals surface area contributed by atoms with Crippen molar-refractivity contribution in [2.75, 3.05) is 33.9 Å². The standard InChI is InChI=1S/C32H37N5O3/c1-5-40-29-17-24-25(18-28(29)39-4)30(35-27-15-16-37(3)19-26(24)27)22-11-13-23(14-12-22)31(38)36-32(33)34-20(2)21-9-7-6-8-10-21/h6-14,17-18,20,26-27H,5,15-16,19H2,1-4H3,(H3,33,34,36,38)/t20-,26-,27-/m1/s1. The van der Waals surface area contributed by atoms with E-state index >= 15 is 0 Å². The van der Waals surface area contributed by atoms with Crippen molar-refractivity contribution >= 4 is 17.6 Å². The molecule has 1 amide bonds. The van der Waals surface area contributed by atoms with E-state index in [0.29, 0.717) is 17.9 Å². The maximum atomic E-state index is 12.9. The van der Waals surface area contributed by atoms with Crippen molar-refractivity contribution in [2.45, 2.75) is 38.3 Å². The molecule has 8 nitrogen and oxygen atoms in total. The molecule has 0 spiro atoms. The zero-order valence-electron chi connectivity index (χ0n) is 23.6. The summed E-state index contributed by atoms with van der Waals surface area (Å²) in [5, 5.41) is 2.71. The van der Waals surface area contributed by atoms with Gasteiger partial charge in [-0.05, 0) is 69.3 Å². The molecular formula is C32H37N5O3. The minimum absolute atomic E-state index is 0.0847. The first-order chi connectivity index (χ1) is 19.4. The number of nitrogens with two attached hydrogens (primary N) is 1. The highest BCUT2D eigenvalue weighted by atomic mass is 16.5. The number of methoxy groups -OCH3 is 1. The van der Waals surface area contributed by atoms with Crippen LogP contribution in [0.15, 0.2) is 76.7 Å². The molecule has 1 saturated heterocycles. The molecule has 1 fully saturated rings. The van der Waals surface area contributed by atoms with Crippen molar-refractivity contribution in [1.82, 2.24) is 10.2 Å². The predicted molar refractivity (Wildman–Crippen MR) is 159 cm³/mol. The number of rotatable bonds is 7. The van der Waals surface area contributed by atoms with Gasteiger partial charge in [0.2, 0.25) is 0 Å². The molecule has 3 aromatic carbocycles. The predicted octanol–water partition coefficient (Wildman–Crippen LogP) is 4.54. The van der Waals surface area contributed by atoms with Crippen LogP contribution in [-0.2, 0) is 0 Å². The van der Waals surface area contributed by atoms with E-state index in [1.807, 2.05) is 62.4 Å². The second-order valence-corrected chi connectivity index (χ2v) is 10.4. The number of guanidine groups is 1. The molecule has 0 saturated carbocycles. The van der Waals surface area contributed by atoms with Crippen molar-refractivity contribution < 1.29 is 14.3 Å². The quantitative estimate of drug-likeness (QED) is 0.339. The van der Waals surface area contributed by atoms with Crippen molar-refractivity contribution in [3.05, 3.63) is 94.5 Å². The molecule has 5 rings (SSSR count). The summed E-state index contributed by atoms with van der Waals surface area (Å²) in [7, 11) is 3.82. The molecule has 0 bridgehead atoms. The van der Waals surface area contributed by atoms with E-state index in [1.165, 1.54) is 5.56 Å². The van der Waals surface area contributed by atoms with Crippen LogP contribution in [0.25, 0.3) is 0 Å². The molecule has 2 heterocycles. The largest absolute Gasteiger partial charge is 0.493 e. The third-order valence-electron chi connectivity index (χ3n) is 7.64. The molecule has 3 N–H and O–H groups in total. The Balaban J connectivity index is 1.40. The first-order valence-corrected chi connectivity index (χ1v) is 13.8. The van der Waals surface area contributed by atoms with Gasteiger partial charge in [-0.1, -0.05) is 42.5 Å². The number of carbonyl (C=O) groups excluding carboxylic acids is 1. The van der Waals surface area contributed by atoms with Gasteiger partial charge in [0.15, 0.2) is 17.5 Å². The van der Waals surface area contributed by atoms with Crippen LogP contribution in [0.5, 0.6) is 11.5 Å². The molecule has 0 radical (unpaired) electrons. The molecule has 0 aromatic heterocycles. The lowest BCUT2D eigenvalue weighted by Crippen LogP contribution is -2.41. The van der Waals surface area contributed by atoms with E-state index in [9.17, 15) is 4.79 Å². The minimum atomic E-state index is -0.308. The Labute approximate surface area is 235 Å². The van der Waals surface area contributed by atoms with Crippen LogP contribution in [0, 0.1) is 0 Å². The van der Waals surface area contributed by atoms with E-state index in [4.69, 9.17) is 20.2 Å². The molecule has 3 aromatic rings. The summed E-state index contributed by atoms with van der Waals surface area (Å²) in [6.07, 6.45) is 0.987. The summed E-state index contributed by atoms with van der Waals surface area (Å²) >= 11 is 0. The molecule has 0 unspecified atom stereocenters.